The van der Waals surface area contributed by atoms with Gasteiger partial charge < -0.3 is 4.74 Å². The Morgan fingerprint density at radius 3 is 2.31 bits per heavy atom. The second-order valence-corrected chi connectivity index (χ2v) is 2.72. The summed E-state index contributed by atoms with van der Waals surface area (Å²) in [5, 5.41) is 8.48. The molecule has 16 heavy (non-hydrogen) atoms. The summed E-state index contributed by atoms with van der Waals surface area (Å²) < 4.78 is 63.4. The molecule has 2 nitrogen and oxygen atoms in total. The van der Waals surface area contributed by atoms with Crippen LogP contribution in [0.4, 0.5) is 22.0 Å². The second-order valence-electron chi connectivity index (χ2n) is 2.72. The zero-order chi connectivity index (χ0) is 12.3. The Labute approximate surface area is 86.9 Å². The van der Waals surface area contributed by atoms with Crippen molar-refractivity contribution in [2.75, 3.05) is 0 Å². The predicted octanol–water partition coefficient (Wildman–Crippen LogP) is 3.39. The third-order valence-electron chi connectivity index (χ3n) is 1.60. The average Bonchev–Trinajstić information content (AvgIpc) is 2.15. The molecule has 0 aliphatic carbocycles. The van der Waals surface area contributed by atoms with Crippen molar-refractivity contribution in [3.63, 3.8) is 0 Å². The van der Waals surface area contributed by atoms with Crippen LogP contribution in [0.1, 0.15) is 17.6 Å². The molecule has 0 aliphatic heterocycles. The topological polar surface area (TPSA) is 33.0 Å². The molecule has 0 radical (unpaired) electrons. The maximum absolute atomic E-state index is 12.2. The van der Waals surface area contributed by atoms with Crippen LogP contribution in [0, 0.1) is 11.3 Å². The summed E-state index contributed by atoms with van der Waals surface area (Å²) in [4.78, 5) is 0. The van der Waals surface area contributed by atoms with Gasteiger partial charge in [-0.05, 0) is 18.2 Å². The van der Waals surface area contributed by atoms with E-state index < -0.39 is 29.7 Å². The van der Waals surface area contributed by atoms with E-state index in [9.17, 15) is 22.0 Å². The van der Waals surface area contributed by atoms with E-state index in [1.54, 1.807) is 0 Å². The highest BCUT2D eigenvalue weighted by Crippen LogP contribution is 2.29. The standard InChI is InChI=1S/C9H4F5NO/c10-8(11)5-1-2-7(6(3-5)4-15)16-9(12,13)14/h1-3,8H. The lowest BCUT2D eigenvalue weighted by Crippen LogP contribution is -2.17. The zero-order valence-electron chi connectivity index (χ0n) is 7.55. The summed E-state index contributed by atoms with van der Waals surface area (Å²) in [7, 11) is 0. The number of ether oxygens (including phenoxy) is 1. The van der Waals surface area contributed by atoms with Crippen LogP contribution in [0.2, 0.25) is 0 Å². The largest absolute Gasteiger partial charge is 0.573 e. The fourth-order valence-corrected chi connectivity index (χ4v) is 0.984. The number of hydrogen-bond donors (Lipinski definition) is 0. The van der Waals surface area contributed by atoms with Gasteiger partial charge in [0.25, 0.3) is 6.43 Å². The van der Waals surface area contributed by atoms with Crippen molar-refractivity contribution in [3.05, 3.63) is 29.3 Å². The van der Waals surface area contributed by atoms with E-state index in [-0.39, 0.29) is 0 Å². The molecule has 0 aliphatic rings. The number of benzene rings is 1. The minimum atomic E-state index is -4.96. The molecule has 0 unspecified atom stereocenters. The molecule has 0 fully saturated rings. The van der Waals surface area contributed by atoms with Crippen molar-refractivity contribution < 1.29 is 26.7 Å². The molecule has 0 N–H and O–H groups in total. The van der Waals surface area contributed by atoms with Gasteiger partial charge in [0.05, 0.1) is 5.56 Å². The van der Waals surface area contributed by atoms with E-state index in [1.807, 2.05) is 0 Å². The first kappa shape index (κ1) is 12.2. The molecule has 1 aromatic carbocycles. The fourth-order valence-electron chi connectivity index (χ4n) is 0.984. The molecule has 1 rings (SSSR count). The van der Waals surface area contributed by atoms with Gasteiger partial charge in [0.1, 0.15) is 11.8 Å². The first-order valence-corrected chi connectivity index (χ1v) is 3.91. The van der Waals surface area contributed by atoms with Gasteiger partial charge in [-0.2, -0.15) is 5.26 Å². The summed E-state index contributed by atoms with van der Waals surface area (Å²) in [6.07, 6.45) is -7.81. The van der Waals surface area contributed by atoms with Crippen LogP contribution in [-0.4, -0.2) is 6.36 Å². The minimum Gasteiger partial charge on any atom is -0.404 e. The summed E-state index contributed by atoms with van der Waals surface area (Å²) in [5.74, 6) is -0.792. The summed E-state index contributed by atoms with van der Waals surface area (Å²) in [5.41, 5.74) is -1.12. The van der Waals surface area contributed by atoms with Gasteiger partial charge in [-0.15, -0.1) is 13.2 Å². The minimum absolute atomic E-state index is 0.536. The van der Waals surface area contributed by atoms with E-state index >= 15 is 0 Å². The SMILES string of the molecule is N#Cc1cc(C(F)F)ccc1OC(F)(F)F. The number of nitrogens with zero attached hydrogens (tertiary/aromatic N) is 1. The Morgan fingerprint density at radius 1 is 1.25 bits per heavy atom. The van der Waals surface area contributed by atoms with E-state index in [0.717, 1.165) is 6.07 Å². The zero-order valence-corrected chi connectivity index (χ0v) is 7.55. The van der Waals surface area contributed by atoms with Crippen molar-refractivity contribution in [1.29, 1.82) is 5.26 Å². The Morgan fingerprint density at radius 2 is 1.88 bits per heavy atom. The molecule has 0 saturated heterocycles. The van der Waals surface area contributed by atoms with Crippen LogP contribution in [-0.2, 0) is 0 Å². The lowest BCUT2D eigenvalue weighted by atomic mass is 10.1. The van der Waals surface area contributed by atoms with Crippen molar-refractivity contribution in [3.8, 4) is 11.8 Å². The van der Waals surface area contributed by atoms with E-state index in [1.165, 1.54) is 6.07 Å². The van der Waals surface area contributed by atoms with Gasteiger partial charge in [-0.25, -0.2) is 8.78 Å². The maximum atomic E-state index is 12.2. The molecule has 7 heteroatoms. The molecule has 0 atom stereocenters. The molecule has 0 heterocycles. The summed E-state index contributed by atoms with van der Waals surface area (Å²) >= 11 is 0. The number of rotatable bonds is 2. The van der Waals surface area contributed by atoms with Gasteiger partial charge in [0.2, 0.25) is 0 Å². The highest BCUT2D eigenvalue weighted by Gasteiger charge is 2.32. The highest BCUT2D eigenvalue weighted by molar-refractivity contribution is 5.45. The second kappa shape index (κ2) is 4.35. The van der Waals surface area contributed by atoms with Gasteiger partial charge in [0.15, 0.2) is 0 Å². The molecule has 0 aromatic heterocycles. The van der Waals surface area contributed by atoms with Crippen LogP contribution < -0.4 is 4.74 Å². The van der Waals surface area contributed by atoms with Gasteiger partial charge >= 0.3 is 6.36 Å². The first-order valence-electron chi connectivity index (χ1n) is 3.91. The third kappa shape index (κ3) is 3.08. The lowest BCUT2D eigenvalue weighted by molar-refractivity contribution is -0.274. The van der Waals surface area contributed by atoms with Crippen LogP contribution in [0.25, 0.3) is 0 Å². The molecule has 1 aromatic rings. The van der Waals surface area contributed by atoms with Crippen molar-refractivity contribution in [2.24, 2.45) is 0 Å². The normalized spacial score (nSPS) is 11.3. The van der Waals surface area contributed by atoms with Crippen molar-refractivity contribution in [2.45, 2.75) is 12.8 Å². The molecule has 0 amide bonds. The van der Waals surface area contributed by atoms with Crippen LogP contribution >= 0.6 is 0 Å². The number of halogens is 5. The average molecular weight is 237 g/mol. The molecule has 0 spiro atoms. The summed E-state index contributed by atoms with van der Waals surface area (Å²) in [6.45, 7) is 0. The predicted molar refractivity (Wildman–Crippen MR) is 42.8 cm³/mol. The lowest BCUT2D eigenvalue weighted by Gasteiger charge is -2.10. The van der Waals surface area contributed by atoms with Crippen molar-refractivity contribution >= 4 is 0 Å². The Balaban J connectivity index is 3.09. The number of alkyl halides is 5. The molecule has 0 bridgehead atoms. The van der Waals surface area contributed by atoms with Crippen LogP contribution in [0.5, 0.6) is 5.75 Å². The smallest absolute Gasteiger partial charge is 0.404 e. The Hall–Kier alpha value is -1.84. The van der Waals surface area contributed by atoms with Gasteiger partial charge in [-0.1, -0.05) is 0 Å². The first-order chi connectivity index (χ1) is 7.33. The van der Waals surface area contributed by atoms with Gasteiger partial charge in [0, 0.05) is 5.56 Å². The quantitative estimate of drug-likeness (QED) is 0.738. The van der Waals surface area contributed by atoms with Crippen LogP contribution in [0.3, 0.4) is 0 Å². The number of nitriles is 1. The Kier molecular flexibility index (Phi) is 3.32. The molecule has 0 saturated carbocycles. The maximum Gasteiger partial charge on any atom is 0.573 e. The van der Waals surface area contributed by atoms with E-state index in [0.29, 0.717) is 12.1 Å². The monoisotopic (exact) mass is 237 g/mol. The fraction of sp³-hybridized carbons (Fsp3) is 0.222. The highest BCUT2D eigenvalue weighted by atomic mass is 19.4. The summed E-state index contributed by atoms with van der Waals surface area (Å²) in [6, 6.07) is 3.47. The Bertz CT molecular complexity index is 421. The van der Waals surface area contributed by atoms with E-state index in [4.69, 9.17) is 5.26 Å². The molecular formula is C9H4F5NO. The van der Waals surface area contributed by atoms with Crippen molar-refractivity contribution in [1.82, 2.24) is 0 Å². The number of hydrogen-bond acceptors (Lipinski definition) is 2. The van der Waals surface area contributed by atoms with Gasteiger partial charge in [-0.3, -0.25) is 0 Å². The third-order valence-corrected chi connectivity index (χ3v) is 1.60. The van der Waals surface area contributed by atoms with Crippen LogP contribution in [0.15, 0.2) is 18.2 Å². The van der Waals surface area contributed by atoms with E-state index in [2.05, 4.69) is 4.74 Å². The molecule has 86 valence electrons. The molecular weight excluding hydrogens is 233 g/mol.